The Morgan fingerprint density at radius 1 is 1.35 bits per heavy atom. The van der Waals surface area contributed by atoms with Crippen LogP contribution in [0.15, 0.2) is 12.3 Å². The van der Waals surface area contributed by atoms with Gasteiger partial charge in [0, 0.05) is 37.8 Å². The number of carbonyl (C=O) groups excluding carboxylic acids is 1. The summed E-state index contributed by atoms with van der Waals surface area (Å²) in [5, 5.41) is 3.14. The molecule has 1 aromatic rings. The van der Waals surface area contributed by atoms with Crippen LogP contribution in [0.4, 0.5) is 16.3 Å². The molecule has 6 nitrogen and oxygen atoms in total. The Bertz CT molecular complexity index is 657. The van der Waals surface area contributed by atoms with Crippen LogP contribution in [0.2, 0.25) is 5.02 Å². The molecule has 2 aliphatic rings. The van der Waals surface area contributed by atoms with E-state index in [9.17, 15) is 4.79 Å². The highest BCUT2D eigenvalue weighted by atomic mass is 35.5. The molecule has 1 N–H and O–H groups in total. The van der Waals surface area contributed by atoms with Crippen LogP contribution in [0.25, 0.3) is 0 Å². The molecule has 1 amide bonds. The predicted octanol–water partition coefficient (Wildman–Crippen LogP) is 4.15. The fourth-order valence-electron chi connectivity index (χ4n) is 3.50. The standard InChI is InChI=1S/C19H29ClN4O2/c1-13-12-23(14-6-5-7-14)8-9-24(13)17-10-16(15(20)11-21-17)22-18(25)26-19(2,3)4/h10-11,13-14H,5-9,12H2,1-4H3,(H,21,22,25)/t13-/m0/s1. The van der Waals surface area contributed by atoms with Gasteiger partial charge in [-0.3, -0.25) is 10.2 Å². The number of carbonyl (C=O) groups is 1. The van der Waals surface area contributed by atoms with Gasteiger partial charge in [-0.2, -0.15) is 0 Å². The third kappa shape index (κ3) is 4.60. The Balaban J connectivity index is 1.68. The number of ether oxygens (including phenoxy) is 1. The number of rotatable bonds is 3. The van der Waals surface area contributed by atoms with Gasteiger partial charge in [0.1, 0.15) is 11.4 Å². The zero-order valence-electron chi connectivity index (χ0n) is 16.1. The maximum absolute atomic E-state index is 12.1. The second-order valence-electron chi connectivity index (χ2n) is 8.27. The average Bonchev–Trinajstić information content (AvgIpc) is 2.46. The van der Waals surface area contributed by atoms with Crippen molar-refractivity contribution in [2.75, 3.05) is 29.9 Å². The van der Waals surface area contributed by atoms with E-state index in [2.05, 4.69) is 27.0 Å². The van der Waals surface area contributed by atoms with Gasteiger partial charge in [0.05, 0.1) is 16.9 Å². The van der Waals surface area contributed by atoms with Crippen LogP contribution in [0, 0.1) is 0 Å². The van der Waals surface area contributed by atoms with Crippen molar-refractivity contribution in [1.29, 1.82) is 0 Å². The second kappa shape index (κ2) is 7.61. The highest BCUT2D eigenvalue weighted by Gasteiger charge is 2.32. The van der Waals surface area contributed by atoms with Crippen molar-refractivity contribution in [3.8, 4) is 0 Å². The topological polar surface area (TPSA) is 57.7 Å². The van der Waals surface area contributed by atoms with Crippen molar-refractivity contribution in [1.82, 2.24) is 9.88 Å². The maximum Gasteiger partial charge on any atom is 0.412 e. The molecule has 0 aromatic carbocycles. The van der Waals surface area contributed by atoms with E-state index in [-0.39, 0.29) is 0 Å². The summed E-state index contributed by atoms with van der Waals surface area (Å²) < 4.78 is 5.31. The van der Waals surface area contributed by atoms with E-state index in [1.165, 1.54) is 19.3 Å². The minimum Gasteiger partial charge on any atom is -0.444 e. The lowest BCUT2D eigenvalue weighted by Gasteiger charge is -2.46. The third-order valence-electron chi connectivity index (χ3n) is 5.02. The Hall–Kier alpha value is -1.53. The molecule has 0 bridgehead atoms. The van der Waals surface area contributed by atoms with E-state index in [0.717, 1.165) is 31.5 Å². The number of amides is 1. The quantitative estimate of drug-likeness (QED) is 0.853. The van der Waals surface area contributed by atoms with Crippen molar-refractivity contribution in [2.45, 2.75) is 64.6 Å². The molecular formula is C19H29ClN4O2. The highest BCUT2D eigenvalue weighted by Crippen LogP contribution is 2.30. The first kappa shape index (κ1) is 19.2. The fraction of sp³-hybridized carbons (Fsp3) is 0.684. The zero-order valence-corrected chi connectivity index (χ0v) is 16.8. The molecule has 2 heterocycles. The van der Waals surface area contributed by atoms with Crippen LogP contribution in [-0.2, 0) is 4.74 Å². The number of pyridine rings is 1. The van der Waals surface area contributed by atoms with Crippen molar-refractivity contribution in [3.05, 3.63) is 17.3 Å². The number of nitrogens with zero attached hydrogens (tertiary/aromatic N) is 3. The molecule has 0 unspecified atom stereocenters. The Morgan fingerprint density at radius 3 is 2.65 bits per heavy atom. The summed E-state index contributed by atoms with van der Waals surface area (Å²) in [6.45, 7) is 10.7. The van der Waals surface area contributed by atoms with Gasteiger partial charge in [-0.05, 0) is 40.5 Å². The van der Waals surface area contributed by atoms with Crippen molar-refractivity contribution < 1.29 is 9.53 Å². The maximum atomic E-state index is 12.1. The molecular weight excluding hydrogens is 352 g/mol. The van der Waals surface area contributed by atoms with E-state index in [4.69, 9.17) is 16.3 Å². The molecule has 26 heavy (non-hydrogen) atoms. The largest absolute Gasteiger partial charge is 0.444 e. The molecule has 1 atom stereocenters. The van der Waals surface area contributed by atoms with Crippen molar-refractivity contribution in [3.63, 3.8) is 0 Å². The minimum absolute atomic E-state index is 0.368. The zero-order chi connectivity index (χ0) is 18.9. The normalized spacial score (nSPS) is 22.0. The summed E-state index contributed by atoms with van der Waals surface area (Å²) in [7, 11) is 0. The monoisotopic (exact) mass is 380 g/mol. The lowest BCUT2D eigenvalue weighted by Crippen LogP contribution is -2.56. The van der Waals surface area contributed by atoms with E-state index in [0.29, 0.717) is 16.8 Å². The van der Waals surface area contributed by atoms with Crippen molar-refractivity contribution >= 4 is 29.2 Å². The van der Waals surface area contributed by atoms with E-state index < -0.39 is 11.7 Å². The van der Waals surface area contributed by atoms with Gasteiger partial charge in [0.25, 0.3) is 0 Å². The molecule has 1 aromatic heterocycles. The third-order valence-corrected chi connectivity index (χ3v) is 5.32. The number of halogens is 1. The molecule has 0 spiro atoms. The Kier molecular flexibility index (Phi) is 5.63. The number of anilines is 2. The highest BCUT2D eigenvalue weighted by molar-refractivity contribution is 6.33. The number of aromatic nitrogens is 1. The number of hydrogen-bond donors (Lipinski definition) is 1. The predicted molar refractivity (Wildman–Crippen MR) is 105 cm³/mol. The number of hydrogen-bond acceptors (Lipinski definition) is 5. The minimum atomic E-state index is -0.557. The van der Waals surface area contributed by atoms with Crippen LogP contribution >= 0.6 is 11.6 Å². The summed E-state index contributed by atoms with van der Waals surface area (Å²) in [6, 6.07) is 2.97. The molecule has 1 saturated carbocycles. The summed E-state index contributed by atoms with van der Waals surface area (Å²) >= 11 is 6.22. The van der Waals surface area contributed by atoms with E-state index in [1.807, 2.05) is 26.8 Å². The summed E-state index contributed by atoms with van der Waals surface area (Å²) in [4.78, 5) is 21.4. The van der Waals surface area contributed by atoms with E-state index >= 15 is 0 Å². The molecule has 0 radical (unpaired) electrons. The smallest absolute Gasteiger partial charge is 0.412 e. The molecule has 2 fully saturated rings. The van der Waals surface area contributed by atoms with Gasteiger partial charge >= 0.3 is 6.09 Å². The van der Waals surface area contributed by atoms with Crippen LogP contribution < -0.4 is 10.2 Å². The van der Waals surface area contributed by atoms with Crippen LogP contribution in [-0.4, -0.2) is 53.3 Å². The molecule has 1 aliphatic carbocycles. The van der Waals surface area contributed by atoms with Gasteiger partial charge in [-0.15, -0.1) is 0 Å². The van der Waals surface area contributed by atoms with E-state index in [1.54, 1.807) is 6.20 Å². The van der Waals surface area contributed by atoms with Crippen molar-refractivity contribution in [2.24, 2.45) is 0 Å². The first-order valence-electron chi connectivity index (χ1n) is 9.39. The van der Waals surface area contributed by atoms with Gasteiger partial charge < -0.3 is 9.64 Å². The molecule has 1 aliphatic heterocycles. The van der Waals surface area contributed by atoms with Crippen LogP contribution in [0.5, 0.6) is 0 Å². The number of piperazine rings is 1. The van der Waals surface area contributed by atoms with Gasteiger partial charge in [-0.1, -0.05) is 18.0 Å². The second-order valence-corrected chi connectivity index (χ2v) is 8.68. The molecule has 144 valence electrons. The van der Waals surface area contributed by atoms with Gasteiger partial charge in [-0.25, -0.2) is 9.78 Å². The summed E-state index contributed by atoms with van der Waals surface area (Å²) in [6.07, 6.45) is 5.09. The summed E-state index contributed by atoms with van der Waals surface area (Å²) in [5.41, 5.74) is -0.0294. The number of nitrogens with one attached hydrogen (secondary N) is 1. The lowest BCUT2D eigenvalue weighted by molar-refractivity contribution is 0.0636. The molecule has 7 heteroatoms. The van der Waals surface area contributed by atoms with Crippen LogP contribution in [0.1, 0.15) is 47.0 Å². The van der Waals surface area contributed by atoms with Gasteiger partial charge in [0.2, 0.25) is 0 Å². The lowest BCUT2D eigenvalue weighted by atomic mass is 9.90. The Morgan fingerprint density at radius 2 is 2.08 bits per heavy atom. The van der Waals surface area contributed by atoms with Gasteiger partial charge in [0.15, 0.2) is 0 Å². The van der Waals surface area contributed by atoms with Crippen LogP contribution in [0.3, 0.4) is 0 Å². The molecule has 1 saturated heterocycles. The first-order chi connectivity index (χ1) is 12.2. The first-order valence-corrected chi connectivity index (χ1v) is 9.77. The summed E-state index contributed by atoms with van der Waals surface area (Å²) in [5.74, 6) is 0.834. The Labute approximate surface area is 160 Å². The fourth-order valence-corrected chi connectivity index (χ4v) is 3.65. The average molecular weight is 381 g/mol. The SMILES string of the molecule is C[C@H]1CN(C2CCC2)CCN1c1cc(NC(=O)OC(C)(C)C)c(Cl)cn1. The molecule has 3 rings (SSSR count).